The molecule has 5 heteroatoms. The van der Waals surface area contributed by atoms with Crippen LogP contribution in [0.3, 0.4) is 0 Å². The number of hydrogen-bond donors (Lipinski definition) is 3. The van der Waals surface area contributed by atoms with E-state index in [0.29, 0.717) is 23.7 Å². The molecule has 104 valence electrons. The Hall–Kier alpha value is -1.07. The Labute approximate surface area is 121 Å². The summed E-state index contributed by atoms with van der Waals surface area (Å²) >= 11 is 3.32. The summed E-state index contributed by atoms with van der Waals surface area (Å²) in [7, 11) is 0. The van der Waals surface area contributed by atoms with Gasteiger partial charge in [-0.1, -0.05) is 22.4 Å². The maximum atomic E-state index is 12.0. The molecule has 0 bridgehead atoms. The predicted octanol–water partition coefficient (Wildman–Crippen LogP) is 2.31. The monoisotopic (exact) mass is 326 g/mol. The van der Waals surface area contributed by atoms with Crippen LogP contribution in [0.4, 0.5) is 5.69 Å². The molecule has 2 unspecified atom stereocenters. The largest absolute Gasteiger partial charge is 0.399 e. The summed E-state index contributed by atoms with van der Waals surface area (Å²) in [6, 6.07) is 5.17. The lowest BCUT2D eigenvalue weighted by molar-refractivity contribution is 0.0874. The Kier molecular flexibility index (Phi) is 4.82. The molecule has 1 amide bonds. The van der Waals surface area contributed by atoms with Crippen LogP contribution in [0.2, 0.25) is 0 Å². The summed E-state index contributed by atoms with van der Waals surface area (Å²) in [6.45, 7) is 0.613. The highest BCUT2D eigenvalue weighted by molar-refractivity contribution is 9.10. The van der Waals surface area contributed by atoms with Gasteiger partial charge in [0.05, 0.1) is 6.10 Å². The van der Waals surface area contributed by atoms with E-state index in [-0.39, 0.29) is 12.0 Å². The molecular weight excluding hydrogens is 308 g/mol. The van der Waals surface area contributed by atoms with Gasteiger partial charge in [-0.25, -0.2) is 0 Å². The minimum atomic E-state index is -0.211. The van der Waals surface area contributed by atoms with Gasteiger partial charge in [-0.15, -0.1) is 0 Å². The van der Waals surface area contributed by atoms with Gasteiger partial charge in [-0.3, -0.25) is 4.79 Å². The van der Waals surface area contributed by atoms with E-state index in [1.54, 1.807) is 18.2 Å². The van der Waals surface area contributed by atoms with Crippen LogP contribution in [-0.2, 0) is 0 Å². The van der Waals surface area contributed by atoms with E-state index in [0.717, 1.165) is 30.2 Å². The summed E-state index contributed by atoms with van der Waals surface area (Å²) in [4.78, 5) is 12.0. The summed E-state index contributed by atoms with van der Waals surface area (Å²) in [5.74, 6) is 0.255. The fraction of sp³-hybridized carbons (Fsp3) is 0.500. The van der Waals surface area contributed by atoms with Gasteiger partial charge in [0.15, 0.2) is 0 Å². The van der Waals surface area contributed by atoms with Crippen molar-refractivity contribution in [1.29, 1.82) is 0 Å². The third kappa shape index (κ3) is 4.21. The molecule has 4 N–H and O–H groups in total. The summed E-state index contributed by atoms with van der Waals surface area (Å²) < 4.78 is 0.797. The second-order valence-corrected chi connectivity index (χ2v) is 6.09. The second-order valence-electron chi connectivity index (χ2n) is 5.17. The first kappa shape index (κ1) is 14.3. The molecule has 1 aliphatic carbocycles. The number of benzene rings is 1. The topological polar surface area (TPSA) is 75.4 Å². The van der Waals surface area contributed by atoms with Crippen LogP contribution in [0.1, 0.15) is 36.0 Å². The van der Waals surface area contributed by atoms with Crippen LogP contribution >= 0.6 is 15.9 Å². The van der Waals surface area contributed by atoms with E-state index < -0.39 is 0 Å². The maximum Gasteiger partial charge on any atom is 0.251 e. The van der Waals surface area contributed by atoms with E-state index in [4.69, 9.17) is 5.73 Å². The molecule has 2 atom stereocenters. The smallest absolute Gasteiger partial charge is 0.251 e. The third-order valence-electron chi connectivity index (χ3n) is 3.49. The van der Waals surface area contributed by atoms with Crippen molar-refractivity contribution >= 4 is 27.5 Å². The first-order chi connectivity index (χ1) is 9.04. The first-order valence-corrected chi connectivity index (χ1v) is 7.36. The molecule has 0 saturated heterocycles. The fourth-order valence-corrected chi connectivity index (χ4v) is 3.04. The Balaban J connectivity index is 1.90. The zero-order chi connectivity index (χ0) is 13.8. The Morgan fingerprint density at radius 2 is 2.21 bits per heavy atom. The number of nitrogens with two attached hydrogens (primary N) is 1. The van der Waals surface area contributed by atoms with E-state index in [9.17, 15) is 9.90 Å². The average molecular weight is 327 g/mol. The van der Waals surface area contributed by atoms with Gasteiger partial charge in [0, 0.05) is 22.3 Å². The van der Waals surface area contributed by atoms with Crippen LogP contribution in [-0.4, -0.2) is 23.7 Å². The van der Waals surface area contributed by atoms with Crippen molar-refractivity contribution in [3.05, 3.63) is 28.2 Å². The highest BCUT2D eigenvalue weighted by atomic mass is 79.9. The molecule has 0 aromatic heterocycles. The lowest BCUT2D eigenvalue weighted by atomic mass is 9.87. The van der Waals surface area contributed by atoms with Crippen molar-refractivity contribution in [2.45, 2.75) is 31.8 Å². The molecule has 1 saturated carbocycles. The normalized spacial score (nSPS) is 23.1. The Morgan fingerprint density at radius 3 is 2.89 bits per heavy atom. The Bertz CT molecular complexity index is 445. The number of halogens is 1. The molecule has 1 aliphatic rings. The van der Waals surface area contributed by atoms with Crippen LogP contribution in [0.15, 0.2) is 22.7 Å². The van der Waals surface area contributed by atoms with E-state index in [1.165, 1.54) is 0 Å². The van der Waals surface area contributed by atoms with Crippen LogP contribution < -0.4 is 11.1 Å². The molecule has 0 heterocycles. The zero-order valence-corrected chi connectivity index (χ0v) is 12.3. The van der Waals surface area contributed by atoms with Gasteiger partial charge in [-0.05, 0) is 43.4 Å². The third-order valence-corrected chi connectivity index (χ3v) is 3.95. The van der Waals surface area contributed by atoms with Crippen LogP contribution in [0, 0.1) is 5.92 Å². The molecule has 1 aromatic rings. The molecule has 19 heavy (non-hydrogen) atoms. The van der Waals surface area contributed by atoms with E-state index >= 15 is 0 Å². The molecule has 0 radical (unpaired) electrons. The van der Waals surface area contributed by atoms with Gasteiger partial charge in [0.1, 0.15) is 0 Å². The number of rotatable bonds is 3. The lowest BCUT2D eigenvalue weighted by Gasteiger charge is -2.25. The fourth-order valence-electron chi connectivity index (χ4n) is 2.53. The molecule has 2 rings (SSSR count). The summed E-state index contributed by atoms with van der Waals surface area (Å²) in [5, 5.41) is 12.5. The number of aliphatic hydroxyl groups is 1. The highest BCUT2D eigenvalue weighted by Gasteiger charge is 2.20. The number of nitrogen functional groups attached to an aromatic ring is 1. The van der Waals surface area contributed by atoms with E-state index in [1.807, 2.05) is 0 Å². The lowest BCUT2D eigenvalue weighted by Crippen LogP contribution is -2.33. The first-order valence-electron chi connectivity index (χ1n) is 6.57. The van der Waals surface area contributed by atoms with Gasteiger partial charge >= 0.3 is 0 Å². The molecular formula is C14H19BrN2O2. The number of aliphatic hydroxyl groups excluding tert-OH is 1. The average Bonchev–Trinajstić information content (AvgIpc) is 2.35. The quantitative estimate of drug-likeness (QED) is 0.746. The predicted molar refractivity (Wildman–Crippen MR) is 78.9 cm³/mol. The standard InChI is InChI=1S/C14H19BrN2O2/c15-11-5-10(6-12(16)7-11)14(19)17-8-9-2-1-3-13(18)4-9/h5-7,9,13,18H,1-4,8,16H2,(H,17,19). The number of carbonyl (C=O) groups excluding carboxylic acids is 1. The number of nitrogens with one attached hydrogen (secondary N) is 1. The number of anilines is 1. The second kappa shape index (κ2) is 6.39. The minimum Gasteiger partial charge on any atom is -0.399 e. The number of hydrogen-bond acceptors (Lipinski definition) is 3. The number of carbonyl (C=O) groups is 1. The van der Waals surface area contributed by atoms with Crippen molar-refractivity contribution in [2.75, 3.05) is 12.3 Å². The van der Waals surface area contributed by atoms with Crippen LogP contribution in [0.5, 0.6) is 0 Å². The highest BCUT2D eigenvalue weighted by Crippen LogP contribution is 2.23. The molecule has 0 spiro atoms. The zero-order valence-electron chi connectivity index (χ0n) is 10.7. The van der Waals surface area contributed by atoms with Crippen molar-refractivity contribution in [2.24, 2.45) is 5.92 Å². The SMILES string of the molecule is Nc1cc(Br)cc(C(=O)NCC2CCCC(O)C2)c1. The molecule has 1 fully saturated rings. The Morgan fingerprint density at radius 1 is 1.42 bits per heavy atom. The van der Waals surface area contributed by atoms with Gasteiger partial charge in [0.25, 0.3) is 5.91 Å². The summed E-state index contributed by atoms with van der Waals surface area (Å²) in [6.07, 6.45) is 3.55. The number of amides is 1. The molecule has 0 aliphatic heterocycles. The van der Waals surface area contributed by atoms with Crippen molar-refractivity contribution in [1.82, 2.24) is 5.32 Å². The van der Waals surface area contributed by atoms with Crippen molar-refractivity contribution in [3.8, 4) is 0 Å². The van der Waals surface area contributed by atoms with Gasteiger partial charge in [0.2, 0.25) is 0 Å². The van der Waals surface area contributed by atoms with Crippen molar-refractivity contribution in [3.63, 3.8) is 0 Å². The molecule has 4 nitrogen and oxygen atoms in total. The maximum absolute atomic E-state index is 12.0. The van der Waals surface area contributed by atoms with Gasteiger partial charge in [-0.2, -0.15) is 0 Å². The molecule has 1 aromatic carbocycles. The van der Waals surface area contributed by atoms with Crippen LogP contribution in [0.25, 0.3) is 0 Å². The van der Waals surface area contributed by atoms with Crippen molar-refractivity contribution < 1.29 is 9.90 Å². The summed E-state index contributed by atoms with van der Waals surface area (Å²) in [5.41, 5.74) is 6.83. The minimum absolute atomic E-state index is 0.118. The van der Waals surface area contributed by atoms with Gasteiger partial charge < -0.3 is 16.2 Å². The van der Waals surface area contributed by atoms with E-state index in [2.05, 4.69) is 21.2 Å².